The number of rotatable bonds is 7. The molecule has 6 nitrogen and oxygen atoms in total. The van der Waals surface area contributed by atoms with Crippen molar-refractivity contribution in [3.8, 4) is 5.69 Å². The van der Waals surface area contributed by atoms with E-state index < -0.39 is 0 Å². The molecular weight excluding hydrogens is 516 g/mol. The molecule has 1 amide bonds. The molecule has 1 saturated heterocycles. The molecule has 0 saturated carbocycles. The van der Waals surface area contributed by atoms with Crippen LogP contribution in [0.4, 0.5) is 11.4 Å². The number of aromatic nitrogens is 2. The minimum absolute atomic E-state index is 0.0643. The average molecular weight is 549 g/mol. The van der Waals surface area contributed by atoms with E-state index in [1.165, 1.54) is 29.9 Å². The van der Waals surface area contributed by atoms with Crippen molar-refractivity contribution in [3.63, 3.8) is 0 Å². The highest BCUT2D eigenvalue weighted by Gasteiger charge is 2.17. The Labute approximate surface area is 238 Å². The fourth-order valence-electron chi connectivity index (χ4n) is 5.27. The van der Waals surface area contributed by atoms with Crippen LogP contribution < -0.4 is 10.2 Å². The average Bonchev–Trinajstić information content (AvgIpc) is 3.59. The third kappa shape index (κ3) is 5.56. The molecule has 40 heavy (non-hydrogen) atoms. The van der Waals surface area contributed by atoms with Crippen molar-refractivity contribution < 1.29 is 9.59 Å². The van der Waals surface area contributed by atoms with Crippen molar-refractivity contribution >= 4 is 45.3 Å². The van der Waals surface area contributed by atoms with E-state index in [4.69, 9.17) is 0 Å². The maximum absolute atomic E-state index is 13.0. The van der Waals surface area contributed by atoms with Gasteiger partial charge in [0.05, 0.1) is 11.9 Å². The molecule has 0 radical (unpaired) electrons. The lowest BCUT2D eigenvalue weighted by Crippen LogP contribution is -2.32. The smallest absolute Gasteiger partial charge is 0.255 e. The zero-order valence-electron chi connectivity index (χ0n) is 22.8. The summed E-state index contributed by atoms with van der Waals surface area (Å²) in [5.74, 6) is 0.732. The summed E-state index contributed by atoms with van der Waals surface area (Å²) in [5, 5.41) is 6.87. The zero-order chi connectivity index (χ0) is 27.6. The summed E-state index contributed by atoms with van der Waals surface area (Å²) >= 11 is 1.52. The number of anilines is 2. The number of benzene rings is 3. The molecule has 1 fully saturated rings. The highest BCUT2D eigenvalue weighted by molar-refractivity contribution is 7.09. The lowest BCUT2D eigenvalue weighted by atomic mass is 9.98. The fraction of sp³-hybridized carbons (Fsp3) is 0.242. The Hall–Kier alpha value is -4.23. The first-order valence-electron chi connectivity index (χ1n) is 13.7. The number of amides is 1. The first kappa shape index (κ1) is 26.0. The lowest BCUT2D eigenvalue weighted by molar-refractivity contribution is 0.0991. The second kappa shape index (κ2) is 11.1. The number of nitrogens with zero attached hydrogens (tertiary/aromatic N) is 3. The van der Waals surface area contributed by atoms with E-state index in [0.717, 1.165) is 52.0 Å². The molecule has 202 valence electrons. The summed E-state index contributed by atoms with van der Waals surface area (Å²) in [5.41, 5.74) is 6.19. The Morgan fingerprint density at radius 3 is 2.33 bits per heavy atom. The number of ketones is 1. The summed E-state index contributed by atoms with van der Waals surface area (Å²) in [7, 11) is 0. The maximum Gasteiger partial charge on any atom is 0.255 e. The summed E-state index contributed by atoms with van der Waals surface area (Å²) < 4.78 is 2.08. The van der Waals surface area contributed by atoms with Crippen LogP contribution in [0.25, 0.3) is 16.6 Å². The number of carbonyl (C=O) groups is 2. The van der Waals surface area contributed by atoms with Gasteiger partial charge in [-0.1, -0.05) is 6.92 Å². The summed E-state index contributed by atoms with van der Waals surface area (Å²) in [6.07, 6.45) is 4.75. The number of hydrogen-bond acceptors (Lipinski definition) is 5. The molecule has 0 bridgehead atoms. The highest BCUT2D eigenvalue weighted by atomic mass is 32.1. The van der Waals surface area contributed by atoms with Crippen molar-refractivity contribution in [3.05, 3.63) is 106 Å². The van der Waals surface area contributed by atoms with E-state index in [2.05, 4.69) is 26.7 Å². The minimum Gasteiger partial charge on any atom is -0.372 e. The largest absolute Gasteiger partial charge is 0.372 e. The topological polar surface area (TPSA) is 67.2 Å². The Morgan fingerprint density at radius 1 is 0.925 bits per heavy atom. The molecule has 0 atom stereocenters. The first-order chi connectivity index (χ1) is 19.4. The Kier molecular flexibility index (Phi) is 7.22. The molecule has 1 N–H and O–H groups in total. The van der Waals surface area contributed by atoms with Crippen LogP contribution in [-0.2, 0) is 6.42 Å². The van der Waals surface area contributed by atoms with Gasteiger partial charge in [-0.05, 0) is 98.5 Å². The van der Waals surface area contributed by atoms with E-state index in [1.54, 1.807) is 0 Å². The summed E-state index contributed by atoms with van der Waals surface area (Å²) in [6, 6.07) is 23.5. The van der Waals surface area contributed by atoms with E-state index >= 15 is 0 Å². The van der Waals surface area contributed by atoms with Gasteiger partial charge in [0.25, 0.3) is 5.91 Å². The van der Waals surface area contributed by atoms with Crippen LogP contribution >= 0.6 is 11.3 Å². The predicted molar refractivity (Wildman–Crippen MR) is 163 cm³/mol. The molecule has 1 aliphatic heterocycles. The van der Waals surface area contributed by atoms with Crippen LogP contribution in [0.5, 0.6) is 0 Å². The van der Waals surface area contributed by atoms with Crippen LogP contribution in [0.2, 0.25) is 0 Å². The van der Waals surface area contributed by atoms with Crippen molar-refractivity contribution in [2.45, 2.75) is 33.1 Å². The van der Waals surface area contributed by atoms with Crippen molar-refractivity contribution in [1.82, 2.24) is 9.55 Å². The number of nitrogens with one attached hydrogen (secondary N) is 1. The minimum atomic E-state index is -0.120. The summed E-state index contributed by atoms with van der Waals surface area (Å²) in [6.45, 7) is 6.39. The Balaban J connectivity index is 1.12. The molecule has 0 unspecified atom stereocenters. The zero-order valence-corrected chi connectivity index (χ0v) is 23.6. The monoisotopic (exact) mass is 548 g/mol. The standard InChI is InChI=1S/C33H32N4O2S/c1-22-13-16-36(17-14-22)28-8-5-25(6-9-28)33(39)35-27-7-12-30-26(19-27)15-18-37(30)29-10-3-24(4-11-29)31(38)20-32-34-23(2)21-40-32/h3-12,15,18-19,21-22H,13-14,16-17,20H2,1-2H3,(H,35,39). The van der Waals surface area contributed by atoms with E-state index in [-0.39, 0.29) is 11.7 Å². The highest BCUT2D eigenvalue weighted by Crippen LogP contribution is 2.26. The van der Waals surface area contributed by atoms with Gasteiger partial charge in [0.15, 0.2) is 5.78 Å². The van der Waals surface area contributed by atoms with Gasteiger partial charge < -0.3 is 14.8 Å². The van der Waals surface area contributed by atoms with Crippen LogP contribution in [0.15, 0.2) is 84.4 Å². The van der Waals surface area contributed by atoms with Gasteiger partial charge >= 0.3 is 0 Å². The van der Waals surface area contributed by atoms with Gasteiger partial charge in [-0.25, -0.2) is 4.98 Å². The Morgan fingerprint density at radius 2 is 1.62 bits per heavy atom. The molecule has 7 heteroatoms. The van der Waals surface area contributed by atoms with E-state index in [9.17, 15) is 9.59 Å². The molecular formula is C33H32N4O2S. The number of fused-ring (bicyclic) bond motifs is 1. The van der Waals surface area contributed by atoms with Crippen LogP contribution in [-0.4, -0.2) is 34.3 Å². The SMILES string of the molecule is Cc1csc(CC(=O)c2ccc(-n3ccc4cc(NC(=O)c5ccc(N6CCC(C)CC6)cc5)ccc43)cc2)n1. The summed E-state index contributed by atoms with van der Waals surface area (Å²) in [4.78, 5) is 32.4. The number of hydrogen-bond donors (Lipinski definition) is 1. The molecule has 3 heterocycles. The van der Waals surface area contributed by atoms with Gasteiger partial charge in [-0.15, -0.1) is 11.3 Å². The molecule has 0 spiro atoms. The van der Waals surface area contributed by atoms with Crippen LogP contribution in [0.1, 0.15) is 51.2 Å². The molecule has 1 aliphatic rings. The van der Waals surface area contributed by atoms with Crippen molar-refractivity contribution in [2.24, 2.45) is 5.92 Å². The Bertz CT molecular complexity index is 1660. The van der Waals surface area contributed by atoms with Crippen molar-refractivity contribution in [2.75, 3.05) is 23.3 Å². The first-order valence-corrected chi connectivity index (χ1v) is 14.6. The van der Waals surface area contributed by atoms with Gasteiger partial charge in [-0.2, -0.15) is 0 Å². The van der Waals surface area contributed by atoms with Crippen molar-refractivity contribution in [1.29, 1.82) is 0 Å². The van der Waals surface area contributed by atoms with Gasteiger partial charge in [-0.3, -0.25) is 9.59 Å². The lowest BCUT2D eigenvalue weighted by Gasteiger charge is -2.32. The second-order valence-electron chi connectivity index (χ2n) is 10.7. The number of Topliss-reactive ketones (excluding diaryl/α,β-unsaturated/α-hetero) is 1. The third-order valence-corrected chi connectivity index (χ3v) is 8.64. The second-order valence-corrected chi connectivity index (χ2v) is 11.6. The molecule has 6 rings (SSSR count). The van der Waals surface area contributed by atoms with Gasteiger partial charge in [0.1, 0.15) is 5.01 Å². The fourth-order valence-corrected chi connectivity index (χ4v) is 6.04. The number of carbonyl (C=O) groups excluding carboxylic acids is 2. The molecule has 2 aromatic heterocycles. The van der Waals surface area contributed by atoms with Gasteiger partial charge in [0.2, 0.25) is 0 Å². The third-order valence-electron chi connectivity index (χ3n) is 7.67. The van der Waals surface area contributed by atoms with E-state index in [0.29, 0.717) is 17.5 Å². The number of thiazole rings is 1. The maximum atomic E-state index is 13.0. The van der Waals surface area contributed by atoms with Gasteiger partial charge in [0, 0.05) is 63.9 Å². The van der Waals surface area contributed by atoms with E-state index in [1.807, 2.05) is 91.3 Å². The number of piperidine rings is 1. The molecule has 3 aromatic carbocycles. The molecule has 0 aliphatic carbocycles. The number of aryl methyl sites for hydroxylation is 1. The van der Waals surface area contributed by atoms with Crippen LogP contribution in [0, 0.1) is 12.8 Å². The van der Waals surface area contributed by atoms with Crippen LogP contribution in [0.3, 0.4) is 0 Å². The molecule has 5 aromatic rings. The quantitative estimate of drug-likeness (QED) is 0.217. The predicted octanol–water partition coefficient (Wildman–Crippen LogP) is 7.31. The normalized spacial score (nSPS) is 14.0.